The predicted octanol–water partition coefficient (Wildman–Crippen LogP) is 0.561. The van der Waals surface area contributed by atoms with Crippen LogP contribution in [0.2, 0.25) is 0 Å². The zero-order chi connectivity index (χ0) is 25.1. The lowest BCUT2D eigenvalue weighted by Gasteiger charge is -2.28. The summed E-state index contributed by atoms with van der Waals surface area (Å²) in [7, 11) is 0. The lowest BCUT2D eigenvalue weighted by atomic mass is 10.0. The van der Waals surface area contributed by atoms with E-state index in [0.717, 1.165) is 12.2 Å². The van der Waals surface area contributed by atoms with E-state index in [4.69, 9.17) is 14.6 Å². The Bertz CT molecular complexity index is 1010. The normalized spacial score (nSPS) is 14.9. The number of aromatic hydroxyl groups is 2. The molecule has 10 nitrogen and oxygen atoms in total. The minimum atomic E-state index is -1.96. The van der Waals surface area contributed by atoms with Crippen LogP contribution in [-0.2, 0) is 23.9 Å². The smallest absolute Gasteiger partial charge is 0.331 e. The number of ether oxygens (including phenoxy) is 2. The second-order valence-corrected chi connectivity index (χ2v) is 7.03. The van der Waals surface area contributed by atoms with E-state index < -0.39 is 43.0 Å². The minimum Gasteiger partial charge on any atom is -0.508 e. The van der Waals surface area contributed by atoms with E-state index in [0.29, 0.717) is 11.1 Å². The molecule has 0 saturated heterocycles. The third kappa shape index (κ3) is 8.17. The van der Waals surface area contributed by atoms with Gasteiger partial charge in [-0.2, -0.15) is 0 Å². The summed E-state index contributed by atoms with van der Waals surface area (Å²) in [5.41, 5.74) is 1.07. The molecule has 0 amide bonds. The Labute approximate surface area is 194 Å². The van der Waals surface area contributed by atoms with E-state index in [1.807, 2.05) is 0 Å². The molecule has 2 aromatic rings. The summed E-state index contributed by atoms with van der Waals surface area (Å²) in [6, 6.07) is 11.6. The van der Waals surface area contributed by atoms with Gasteiger partial charge in [0, 0.05) is 12.2 Å². The fraction of sp³-hybridized carbons (Fsp3) is 0.208. The van der Waals surface area contributed by atoms with Crippen molar-refractivity contribution in [1.82, 2.24) is 0 Å². The Balaban J connectivity index is 2.13. The summed E-state index contributed by atoms with van der Waals surface area (Å²) < 4.78 is 10.0. The van der Waals surface area contributed by atoms with E-state index in [1.165, 1.54) is 60.7 Å². The summed E-state index contributed by atoms with van der Waals surface area (Å²) in [4.78, 5) is 36.0. The Morgan fingerprint density at radius 2 is 1.24 bits per heavy atom. The highest BCUT2D eigenvalue weighted by atomic mass is 16.6. The van der Waals surface area contributed by atoms with E-state index in [1.54, 1.807) is 0 Å². The van der Waals surface area contributed by atoms with E-state index in [2.05, 4.69) is 0 Å². The lowest BCUT2D eigenvalue weighted by molar-refractivity contribution is -0.179. The molecule has 2 aromatic carbocycles. The van der Waals surface area contributed by atoms with Crippen molar-refractivity contribution in [1.29, 1.82) is 0 Å². The van der Waals surface area contributed by atoms with Crippen molar-refractivity contribution in [2.75, 3.05) is 6.61 Å². The molecule has 0 aliphatic rings. The van der Waals surface area contributed by atoms with Crippen LogP contribution in [0.1, 0.15) is 11.1 Å². The van der Waals surface area contributed by atoms with Crippen LogP contribution < -0.4 is 0 Å². The van der Waals surface area contributed by atoms with Gasteiger partial charge in [0.2, 0.25) is 0 Å². The van der Waals surface area contributed by atoms with Gasteiger partial charge in [0.05, 0.1) is 6.61 Å². The molecule has 0 fully saturated rings. The summed E-state index contributed by atoms with van der Waals surface area (Å²) >= 11 is 0. The summed E-state index contributed by atoms with van der Waals surface area (Å²) in [5.74, 6) is -2.00. The van der Waals surface area contributed by atoms with Gasteiger partial charge in [-0.05, 0) is 47.5 Å². The number of carbonyl (C=O) groups is 3. The van der Waals surface area contributed by atoms with Crippen LogP contribution >= 0.6 is 0 Å². The highest BCUT2D eigenvalue weighted by Gasteiger charge is 2.37. The number of phenols is 2. The topological polar surface area (TPSA) is 171 Å². The number of hydrogen-bond donors (Lipinski definition) is 5. The van der Waals surface area contributed by atoms with Crippen molar-refractivity contribution < 1.29 is 49.4 Å². The first kappa shape index (κ1) is 26.3. The number of aliphatic hydroxyl groups is 3. The second kappa shape index (κ2) is 12.9. The number of rotatable bonds is 11. The Morgan fingerprint density at radius 3 is 1.65 bits per heavy atom. The van der Waals surface area contributed by atoms with Gasteiger partial charge in [0.15, 0.2) is 18.5 Å². The molecule has 0 bridgehead atoms. The van der Waals surface area contributed by atoms with Crippen molar-refractivity contribution in [2.24, 2.45) is 0 Å². The molecule has 5 N–H and O–H groups in total. The zero-order valence-corrected chi connectivity index (χ0v) is 17.8. The summed E-state index contributed by atoms with van der Waals surface area (Å²) in [5, 5.41) is 47.7. The van der Waals surface area contributed by atoms with Crippen LogP contribution in [0.5, 0.6) is 11.5 Å². The Hall–Kier alpha value is -3.99. The van der Waals surface area contributed by atoms with Gasteiger partial charge in [0.1, 0.15) is 23.7 Å². The molecule has 10 heteroatoms. The van der Waals surface area contributed by atoms with Crippen molar-refractivity contribution >= 4 is 30.4 Å². The Morgan fingerprint density at radius 1 is 0.794 bits per heavy atom. The molecule has 0 spiro atoms. The molecule has 2 rings (SSSR count). The molecular weight excluding hydrogens is 448 g/mol. The zero-order valence-electron chi connectivity index (χ0n) is 17.8. The molecule has 0 aliphatic carbocycles. The molecule has 0 unspecified atom stereocenters. The molecule has 34 heavy (non-hydrogen) atoms. The number of carbonyl (C=O) groups excluding carboxylic acids is 3. The predicted molar refractivity (Wildman–Crippen MR) is 119 cm³/mol. The fourth-order valence-corrected chi connectivity index (χ4v) is 2.68. The highest BCUT2D eigenvalue weighted by molar-refractivity contribution is 5.89. The van der Waals surface area contributed by atoms with Crippen LogP contribution in [0.3, 0.4) is 0 Å². The van der Waals surface area contributed by atoms with Crippen LogP contribution in [0, 0.1) is 0 Å². The first-order chi connectivity index (χ1) is 16.2. The third-order valence-corrected chi connectivity index (χ3v) is 4.49. The molecule has 0 radical (unpaired) electrons. The van der Waals surface area contributed by atoms with Gasteiger partial charge >= 0.3 is 11.9 Å². The molecule has 4 atom stereocenters. The van der Waals surface area contributed by atoms with Crippen LogP contribution in [0.4, 0.5) is 0 Å². The molecule has 180 valence electrons. The molecule has 0 aromatic heterocycles. The third-order valence-electron chi connectivity index (χ3n) is 4.49. The standard InChI is InChI=1S/C24H24O10/c25-13-19(29)23(32)24(34-22(31)12-6-16-3-9-18(28)10-4-16)20(14-26)33-21(30)11-5-15-1-7-17(27)8-2-15/h1-12,14,19-20,23-25,27-29,32H,13H2/b11-5+,12-6+/t19-,20+,23-,24-/m1/s1. The van der Waals surface area contributed by atoms with Crippen molar-refractivity contribution in [3.63, 3.8) is 0 Å². The number of aldehydes is 1. The SMILES string of the molecule is O=C[C@H](OC(=O)/C=C/c1ccc(O)cc1)[C@@H](OC(=O)/C=C/c1ccc(O)cc1)[C@H](O)[C@H](O)CO. The highest BCUT2D eigenvalue weighted by Crippen LogP contribution is 2.15. The summed E-state index contributed by atoms with van der Waals surface area (Å²) in [6.45, 7) is -0.918. The van der Waals surface area contributed by atoms with Gasteiger partial charge < -0.3 is 35.0 Å². The number of aliphatic hydroxyl groups excluding tert-OH is 3. The van der Waals surface area contributed by atoms with Gasteiger partial charge in [-0.15, -0.1) is 0 Å². The average molecular weight is 472 g/mol. The fourth-order valence-electron chi connectivity index (χ4n) is 2.68. The minimum absolute atomic E-state index is 0.0241. The van der Waals surface area contributed by atoms with Crippen LogP contribution in [0.15, 0.2) is 60.7 Å². The second-order valence-electron chi connectivity index (χ2n) is 7.03. The van der Waals surface area contributed by atoms with E-state index in [9.17, 15) is 34.8 Å². The number of hydrogen-bond acceptors (Lipinski definition) is 10. The lowest BCUT2D eigenvalue weighted by Crippen LogP contribution is -2.50. The van der Waals surface area contributed by atoms with Crippen molar-refractivity contribution in [2.45, 2.75) is 24.4 Å². The maximum atomic E-state index is 12.2. The number of benzene rings is 2. The van der Waals surface area contributed by atoms with Gasteiger partial charge in [0.25, 0.3) is 0 Å². The quantitative estimate of drug-likeness (QED) is 0.177. The molecule has 0 saturated carbocycles. The molecule has 0 heterocycles. The van der Waals surface area contributed by atoms with Gasteiger partial charge in [-0.1, -0.05) is 24.3 Å². The number of esters is 2. The van der Waals surface area contributed by atoms with Crippen molar-refractivity contribution in [3.8, 4) is 11.5 Å². The first-order valence-electron chi connectivity index (χ1n) is 10.0. The number of phenolic OH excluding ortho intramolecular Hbond substituents is 2. The van der Waals surface area contributed by atoms with Gasteiger partial charge in [-0.25, -0.2) is 9.59 Å². The van der Waals surface area contributed by atoms with Crippen LogP contribution in [0.25, 0.3) is 12.2 Å². The van der Waals surface area contributed by atoms with E-state index in [-0.39, 0.29) is 17.8 Å². The van der Waals surface area contributed by atoms with Gasteiger partial charge in [-0.3, -0.25) is 4.79 Å². The molecule has 0 aliphatic heterocycles. The largest absolute Gasteiger partial charge is 0.508 e. The van der Waals surface area contributed by atoms with Crippen LogP contribution in [-0.4, -0.2) is 74.8 Å². The maximum absolute atomic E-state index is 12.2. The first-order valence-corrected chi connectivity index (χ1v) is 10.0. The maximum Gasteiger partial charge on any atom is 0.331 e. The summed E-state index contributed by atoms with van der Waals surface area (Å²) in [6.07, 6.45) is -2.68. The molecular formula is C24H24O10. The monoisotopic (exact) mass is 472 g/mol. The average Bonchev–Trinajstić information content (AvgIpc) is 2.84. The Kier molecular flexibility index (Phi) is 9.96. The van der Waals surface area contributed by atoms with E-state index >= 15 is 0 Å². The van der Waals surface area contributed by atoms with Crippen molar-refractivity contribution in [3.05, 3.63) is 71.8 Å².